The molecule has 0 unspecified atom stereocenters. The Balaban J connectivity index is 1.86. The number of nitrogens with one attached hydrogen (secondary N) is 1. The predicted octanol–water partition coefficient (Wildman–Crippen LogP) is 4.21. The molecule has 0 bridgehead atoms. The molecule has 0 amide bonds. The fourth-order valence-corrected chi connectivity index (χ4v) is 4.27. The fourth-order valence-electron chi connectivity index (χ4n) is 2.32. The van der Waals surface area contributed by atoms with E-state index < -0.39 is 14.9 Å². The largest absolute Gasteiger partial charge is 0.280 e. The molecular weight excluding hydrogens is 400 g/mol. The van der Waals surface area contributed by atoms with Gasteiger partial charge in [0.25, 0.3) is 15.7 Å². The second-order valence-electron chi connectivity index (χ2n) is 7.10. The molecule has 3 aromatic rings. The summed E-state index contributed by atoms with van der Waals surface area (Å²) in [4.78, 5) is 10.1. The van der Waals surface area contributed by atoms with E-state index in [1.807, 2.05) is 26.8 Å². The van der Waals surface area contributed by atoms with Gasteiger partial charge in [0, 0.05) is 28.8 Å². The van der Waals surface area contributed by atoms with E-state index in [4.69, 9.17) is 0 Å². The van der Waals surface area contributed by atoms with Crippen molar-refractivity contribution in [1.82, 2.24) is 10.2 Å². The van der Waals surface area contributed by atoms with Crippen LogP contribution in [0.5, 0.6) is 0 Å². The van der Waals surface area contributed by atoms with Crippen molar-refractivity contribution in [2.75, 3.05) is 4.72 Å². The number of sulfonamides is 1. The smallest absolute Gasteiger partial charge is 0.269 e. The highest BCUT2D eigenvalue weighted by Gasteiger charge is 2.20. The lowest BCUT2D eigenvalue weighted by atomic mass is 9.98. The maximum absolute atomic E-state index is 12.6. The lowest BCUT2D eigenvalue weighted by Gasteiger charge is -2.12. The fraction of sp³-hybridized carbons (Fsp3) is 0.222. The highest BCUT2D eigenvalue weighted by molar-refractivity contribution is 7.92. The number of non-ortho nitro benzene ring substituents is 1. The van der Waals surface area contributed by atoms with Gasteiger partial charge in [-0.25, -0.2) is 8.42 Å². The summed E-state index contributed by atoms with van der Waals surface area (Å²) in [6, 6.07) is 11.6. The number of nitro benzene ring substituents is 1. The van der Waals surface area contributed by atoms with Gasteiger partial charge >= 0.3 is 0 Å². The van der Waals surface area contributed by atoms with Gasteiger partial charge in [-0.3, -0.25) is 14.8 Å². The first kappa shape index (κ1) is 19.9. The van der Waals surface area contributed by atoms with E-state index in [-0.39, 0.29) is 16.0 Å². The zero-order valence-electron chi connectivity index (χ0n) is 15.4. The van der Waals surface area contributed by atoms with Crippen LogP contribution >= 0.6 is 11.3 Å². The molecule has 1 heterocycles. The molecule has 28 heavy (non-hydrogen) atoms. The lowest BCUT2D eigenvalue weighted by Crippen LogP contribution is -2.12. The van der Waals surface area contributed by atoms with Gasteiger partial charge in [0.15, 0.2) is 0 Å². The van der Waals surface area contributed by atoms with Crippen LogP contribution in [0.15, 0.2) is 53.4 Å². The summed E-state index contributed by atoms with van der Waals surface area (Å²) < 4.78 is 27.6. The molecular formula is C18H18N4O4S2. The summed E-state index contributed by atoms with van der Waals surface area (Å²) in [5.74, 6) is 0. The van der Waals surface area contributed by atoms with Crippen LogP contribution in [-0.2, 0) is 15.4 Å². The minimum absolute atomic E-state index is 0.0607. The van der Waals surface area contributed by atoms with Gasteiger partial charge in [-0.15, -0.1) is 10.2 Å². The highest BCUT2D eigenvalue weighted by Crippen LogP contribution is 2.32. The van der Waals surface area contributed by atoms with E-state index in [0.29, 0.717) is 10.7 Å². The Bertz CT molecular complexity index is 1120. The molecule has 0 fully saturated rings. The van der Waals surface area contributed by atoms with Gasteiger partial charge in [0.1, 0.15) is 10.0 Å². The number of nitrogens with zero attached hydrogens (tertiary/aromatic N) is 3. The number of aromatic nitrogens is 2. The molecule has 10 heteroatoms. The van der Waals surface area contributed by atoms with Gasteiger partial charge in [-0.05, 0) is 24.3 Å². The minimum Gasteiger partial charge on any atom is -0.280 e. The van der Waals surface area contributed by atoms with Crippen molar-refractivity contribution in [1.29, 1.82) is 0 Å². The standard InChI is InChI=1S/C18H18N4O4S2/c1-18(2,3)17-20-19-16(27-17)12-5-4-6-13(11-12)21-28(25,26)15-9-7-14(8-10-15)22(23)24/h4-11,21H,1-3H3. The highest BCUT2D eigenvalue weighted by atomic mass is 32.2. The normalized spacial score (nSPS) is 12.0. The molecule has 2 aromatic carbocycles. The second kappa shape index (κ2) is 7.28. The first-order valence-electron chi connectivity index (χ1n) is 8.28. The van der Waals surface area contributed by atoms with Crippen molar-refractivity contribution in [2.45, 2.75) is 31.1 Å². The van der Waals surface area contributed by atoms with Gasteiger partial charge in [-0.2, -0.15) is 0 Å². The Hall–Kier alpha value is -2.85. The summed E-state index contributed by atoms with van der Waals surface area (Å²) in [5, 5.41) is 20.7. The number of benzene rings is 2. The number of hydrogen-bond acceptors (Lipinski definition) is 7. The van der Waals surface area contributed by atoms with Crippen LogP contribution in [0.2, 0.25) is 0 Å². The van der Waals surface area contributed by atoms with Crippen molar-refractivity contribution in [3.8, 4) is 10.6 Å². The van der Waals surface area contributed by atoms with Gasteiger partial charge in [-0.1, -0.05) is 44.2 Å². The van der Waals surface area contributed by atoms with E-state index in [0.717, 1.165) is 22.7 Å². The predicted molar refractivity (Wildman–Crippen MR) is 108 cm³/mol. The van der Waals surface area contributed by atoms with E-state index in [1.54, 1.807) is 18.2 Å². The van der Waals surface area contributed by atoms with E-state index in [1.165, 1.54) is 23.5 Å². The summed E-state index contributed by atoms with van der Waals surface area (Å²) in [5.41, 5.74) is 0.817. The summed E-state index contributed by atoms with van der Waals surface area (Å²) in [7, 11) is -3.88. The summed E-state index contributed by atoms with van der Waals surface area (Å²) >= 11 is 1.46. The van der Waals surface area contributed by atoms with E-state index in [9.17, 15) is 18.5 Å². The number of nitro groups is 1. The van der Waals surface area contributed by atoms with Gasteiger partial charge in [0.2, 0.25) is 0 Å². The molecule has 8 nitrogen and oxygen atoms in total. The van der Waals surface area contributed by atoms with Crippen LogP contribution in [0, 0.1) is 10.1 Å². The second-order valence-corrected chi connectivity index (χ2v) is 9.76. The van der Waals surface area contributed by atoms with Crippen molar-refractivity contribution in [3.63, 3.8) is 0 Å². The minimum atomic E-state index is -3.88. The van der Waals surface area contributed by atoms with Crippen molar-refractivity contribution >= 4 is 32.7 Å². The Morgan fingerprint density at radius 3 is 2.32 bits per heavy atom. The molecule has 1 aromatic heterocycles. The third kappa shape index (κ3) is 4.34. The first-order chi connectivity index (χ1) is 13.1. The van der Waals surface area contributed by atoms with E-state index >= 15 is 0 Å². The Morgan fingerprint density at radius 1 is 1.07 bits per heavy atom. The average molecular weight is 419 g/mol. The van der Waals surface area contributed by atoms with Gasteiger partial charge in [0.05, 0.1) is 9.82 Å². The SMILES string of the molecule is CC(C)(C)c1nnc(-c2cccc(NS(=O)(=O)c3ccc([N+](=O)[O-])cc3)c2)s1. The van der Waals surface area contributed by atoms with Crippen LogP contribution in [0.25, 0.3) is 10.6 Å². The number of anilines is 1. The molecule has 0 saturated carbocycles. The molecule has 146 valence electrons. The maximum Gasteiger partial charge on any atom is 0.269 e. The summed E-state index contributed by atoms with van der Waals surface area (Å²) in [6.45, 7) is 6.14. The molecule has 0 spiro atoms. The molecule has 0 aliphatic carbocycles. The van der Waals surface area contributed by atoms with Crippen LogP contribution in [-0.4, -0.2) is 23.5 Å². The Morgan fingerprint density at radius 2 is 1.75 bits per heavy atom. The van der Waals surface area contributed by atoms with Crippen LogP contribution in [0.1, 0.15) is 25.8 Å². The third-order valence-corrected chi connectivity index (χ3v) is 6.58. The Labute approximate surface area is 166 Å². The van der Waals surface area contributed by atoms with Crippen LogP contribution in [0.4, 0.5) is 11.4 Å². The first-order valence-corrected chi connectivity index (χ1v) is 10.6. The number of hydrogen-bond donors (Lipinski definition) is 1. The zero-order valence-corrected chi connectivity index (χ0v) is 17.0. The maximum atomic E-state index is 12.6. The topological polar surface area (TPSA) is 115 Å². The van der Waals surface area contributed by atoms with Crippen molar-refractivity contribution in [2.24, 2.45) is 0 Å². The van der Waals surface area contributed by atoms with Crippen molar-refractivity contribution in [3.05, 3.63) is 63.7 Å². The van der Waals surface area contributed by atoms with E-state index in [2.05, 4.69) is 14.9 Å². The molecule has 0 saturated heterocycles. The molecule has 0 aliphatic heterocycles. The molecule has 0 aliphatic rings. The third-order valence-electron chi connectivity index (χ3n) is 3.79. The average Bonchev–Trinajstić information content (AvgIpc) is 3.12. The van der Waals surface area contributed by atoms with Crippen LogP contribution < -0.4 is 4.72 Å². The molecule has 0 radical (unpaired) electrons. The van der Waals surface area contributed by atoms with Gasteiger partial charge < -0.3 is 0 Å². The quantitative estimate of drug-likeness (QED) is 0.490. The lowest BCUT2D eigenvalue weighted by molar-refractivity contribution is -0.384. The Kier molecular flexibility index (Phi) is 5.18. The number of rotatable bonds is 5. The van der Waals surface area contributed by atoms with Crippen LogP contribution in [0.3, 0.4) is 0 Å². The summed E-state index contributed by atoms with van der Waals surface area (Å²) in [6.07, 6.45) is 0. The monoisotopic (exact) mass is 418 g/mol. The molecule has 0 atom stereocenters. The molecule has 1 N–H and O–H groups in total. The van der Waals surface area contributed by atoms with Crippen molar-refractivity contribution < 1.29 is 13.3 Å². The zero-order chi connectivity index (χ0) is 20.5. The molecule has 3 rings (SSSR count).